The molecule has 0 aliphatic carbocycles. The van der Waals surface area contributed by atoms with Gasteiger partial charge in [0.15, 0.2) is 0 Å². The Balaban J connectivity index is 2.15. The number of nitrogens with two attached hydrogens (primary N) is 1. The van der Waals surface area contributed by atoms with Gasteiger partial charge in [0, 0.05) is 15.4 Å². The quantitative estimate of drug-likeness (QED) is 0.697. The summed E-state index contributed by atoms with van der Waals surface area (Å²) in [4.78, 5) is 0. The van der Waals surface area contributed by atoms with Gasteiger partial charge in [-0.25, -0.2) is 0 Å². The smallest absolute Gasteiger partial charge is 0.135 e. The minimum atomic E-state index is -0.240. The first-order chi connectivity index (χ1) is 9.97. The molecular formula is C18H18BrNO. The Bertz CT molecular complexity index is 819. The van der Waals surface area contributed by atoms with E-state index in [0.29, 0.717) is 0 Å². The number of rotatable bonds is 2. The zero-order valence-corrected chi connectivity index (χ0v) is 14.0. The van der Waals surface area contributed by atoms with Gasteiger partial charge >= 0.3 is 0 Å². The first kappa shape index (κ1) is 14.4. The fraction of sp³-hybridized carbons (Fsp3) is 0.222. The highest BCUT2D eigenvalue weighted by Crippen LogP contribution is 2.34. The van der Waals surface area contributed by atoms with E-state index < -0.39 is 0 Å². The van der Waals surface area contributed by atoms with Crippen molar-refractivity contribution < 1.29 is 4.42 Å². The lowest BCUT2D eigenvalue weighted by Crippen LogP contribution is -2.13. The van der Waals surface area contributed by atoms with E-state index in [2.05, 4.69) is 61.0 Å². The van der Waals surface area contributed by atoms with Gasteiger partial charge < -0.3 is 10.2 Å². The van der Waals surface area contributed by atoms with Crippen LogP contribution in [0.15, 0.2) is 45.3 Å². The third-order valence-electron chi connectivity index (χ3n) is 3.99. The maximum Gasteiger partial charge on any atom is 0.135 e. The maximum atomic E-state index is 6.48. The molecule has 3 heteroatoms. The summed E-state index contributed by atoms with van der Waals surface area (Å²) < 4.78 is 7.05. The van der Waals surface area contributed by atoms with E-state index in [0.717, 1.165) is 32.3 Å². The van der Waals surface area contributed by atoms with Crippen LogP contribution in [0.5, 0.6) is 0 Å². The first-order valence-corrected chi connectivity index (χ1v) is 7.78. The Morgan fingerprint density at radius 3 is 2.57 bits per heavy atom. The number of hydrogen-bond acceptors (Lipinski definition) is 2. The Morgan fingerprint density at radius 1 is 1.05 bits per heavy atom. The third-order valence-corrected chi connectivity index (χ3v) is 4.48. The zero-order valence-electron chi connectivity index (χ0n) is 12.4. The van der Waals surface area contributed by atoms with E-state index >= 15 is 0 Å². The summed E-state index contributed by atoms with van der Waals surface area (Å²) in [6, 6.07) is 12.2. The van der Waals surface area contributed by atoms with Crippen molar-refractivity contribution in [1.29, 1.82) is 0 Å². The van der Waals surface area contributed by atoms with E-state index in [1.165, 1.54) is 11.1 Å². The molecule has 0 saturated heterocycles. The SMILES string of the molecule is Cc1ccc(C)c(C(N)c2oc3cc(Br)ccc3c2C)c1. The summed E-state index contributed by atoms with van der Waals surface area (Å²) in [7, 11) is 0. The molecule has 1 unspecified atom stereocenters. The highest BCUT2D eigenvalue weighted by atomic mass is 79.9. The molecule has 1 aromatic heterocycles. The highest BCUT2D eigenvalue weighted by molar-refractivity contribution is 9.10. The minimum absolute atomic E-state index is 0.240. The molecule has 0 amide bonds. The van der Waals surface area contributed by atoms with Crippen molar-refractivity contribution in [2.45, 2.75) is 26.8 Å². The molecule has 0 aliphatic heterocycles. The predicted octanol–water partition coefficient (Wildman–Crippen LogP) is 5.17. The molecule has 0 radical (unpaired) electrons. The van der Waals surface area contributed by atoms with Crippen molar-refractivity contribution in [2.75, 3.05) is 0 Å². The van der Waals surface area contributed by atoms with Gasteiger partial charge in [0.05, 0.1) is 6.04 Å². The van der Waals surface area contributed by atoms with Crippen LogP contribution in [0.1, 0.15) is 34.1 Å². The summed E-state index contributed by atoms with van der Waals surface area (Å²) >= 11 is 3.48. The van der Waals surface area contributed by atoms with E-state index in [1.54, 1.807) is 0 Å². The molecule has 0 fully saturated rings. The predicted molar refractivity (Wildman–Crippen MR) is 90.6 cm³/mol. The zero-order chi connectivity index (χ0) is 15.1. The van der Waals surface area contributed by atoms with Gasteiger partial charge in [0.2, 0.25) is 0 Å². The summed E-state index contributed by atoms with van der Waals surface area (Å²) in [5, 5.41) is 1.12. The van der Waals surface area contributed by atoms with Crippen LogP contribution in [0, 0.1) is 20.8 Å². The molecule has 21 heavy (non-hydrogen) atoms. The van der Waals surface area contributed by atoms with Crippen LogP contribution in [0.4, 0.5) is 0 Å². The molecule has 3 aromatic rings. The standard InChI is InChI=1S/C18H18BrNO/c1-10-4-5-11(2)15(8-10)17(20)18-12(3)14-7-6-13(19)9-16(14)21-18/h4-9,17H,20H2,1-3H3. The van der Waals surface area contributed by atoms with E-state index in [4.69, 9.17) is 10.2 Å². The second kappa shape index (κ2) is 5.32. The van der Waals surface area contributed by atoms with Gasteiger partial charge in [-0.15, -0.1) is 0 Å². The molecule has 1 atom stereocenters. The molecule has 0 bridgehead atoms. The van der Waals surface area contributed by atoms with Gasteiger partial charge in [-0.1, -0.05) is 39.7 Å². The Kier molecular flexibility index (Phi) is 3.64. The van der Waals surface area contributed by atoms with Gasteiger partial charge in [-0.3, -0.25) is 0 Å². The fourth-order valence-electron chi connectivity index (χ4n) is 2.75. The second-order valence-electron chi connectivity index (χ2n) is 5.57. The molecule has 0 saturated carbocycles. The Hall–Kier alpha value is -1.58. The lowest BCUT2D eigenvalue weighted by Gasteiger charge is -2.14. The monoisotopic (exact) mass is 343 g/mol. The lowest BCUT2D eigenvalue weighted by atomic mass is 9.96. The molecule has 2 nitrogen and oxygen atoms in total. The van der Waals surface area contributed by atoms with Crippen molar-refractivity contribution in [1.82, 2.24) is 0 Å². The first-order valence-electron chi connectivity index (χ1n) is 6.98. The largest absolute Gasteiger partial charge is 0.459 e. The number of furan rings is 1. The van der Waals surface area contributed by atoms with Crippen LogP contribution < -0.4 is 5.73 Å². The van der Waals surface area contributed by atoms with Crippen LogP contribution in [-0.2, 0) is 0 Å². The van der Waals surface area contributed by atoms with Crippen LogP contribution >= 0.6 is 15.9 Å². The molecule has 1 heterocycles. The number of benzene rings is 2. The van der Waals surface area contributed by atoms with E-state index in [9.17, 15) is 0 Å². The van der Waals surface area contributed by atoms with Crippen LogP contribution in [0.2, 0.25) is 0 Å². The Morgan fingerprint density at radius 2 is 1.81 bits per heavy atom. The molecular weight excluding hydrogens is 326 g/mol. The van der Waals surface area contributed by atoms with E-state index in [1.807, 2.05) is 12.1 Å². The normalized spacial score (nSPS) is 12.8. The van der Waals surface area contributed by atoms with Gasteiger partial charge in [0.25, 0.3) is 0 Å². The summed E-state index contributed by atoms with van der Waals surface area (Å²) in [6.45, 7) is 6.24. The average Bonchev–Trinajstić information content (AvgIpc) is 2.77. The van der Waals surface area contributed by atoms with Crippen molar-refractivity contribution in [2.24, 2.45) is 5.73 Å². The highest BCUT2D eigenvalue weighted by Gasteiger charge is 2.20. The van der Waals surface area contributed by atoms with Crippen LogP contribution in [0.25, 0.3) is 11.0 Å². The van der Waals surface area contributed by atoms with Crippen molar-refractivity contribution in [3.8, 4) is 0 Å². The number of aryl methyl sites for hydroxylation is 3. The minimum Gasteiger partial charge on any atom is -0.459 e. The lowest BCUT2D eigenvalue weighted by molar-refractivity contribution is 0.520. The molecule has 0 aliphatic rings. The number of halogens is 1. The van der Waals surface area contributed by atoms with Crippen molar-refractivity contribution in [3.05, 3.63) is 68.9 Å². The topological polar surface area (TPSA) is 39.2 Å². The fourth-order valence-corrected chi connectivity index (χ4v) is 3.09. The summed E-state index contributed by atoms with van der Waals surface area (Å²) in [5.41, 5.74) is 12.0. The second-order valence-corrected chi connectivity index (χ2v) is 6.49. The van der Waals surface area contributed by atoms with Gasteiger partial charge in [0.1, 0.15) is 11.3 Å². The molecule has 2 N–H and O–H groups in total. The maximum absolute atomic E-state index is 6.48. The molecule has 2 aromatic carbocycles. The summed E-state index contributed by atoms with van der Waals surface area (Å²) in [5.74, 6) is 0.844. The van der Waals surface area contributed by atoms with Gasteiger partial charge in [-0.2, -0.15) is 0 Å². The number of hydrogen-bond donors (Lipinski definition) is 1. The molecule has 3 rings (SSSR count). The van der Waals surface area contributed by atoms with Crippen LogP contribution in [-0.4, -0.2) is 0 Å². The van der Waals surface area contributed by atoms with Crippen LogP contribution in [0.3, 0.4) is 0 Å². The van der Waals surface area contributed by atoms with Crippen molar-refractivity contribution in [3.63, 3.8) is 0 Å². The Labute approximate surface area is 133 Å². The summed E-state index contributed by atoms with van der Waals surface area (Å²) in [6.07, 6.45) is 0. The van der Waals surface area contributed by atoms with Crippen molar-refractivity contribution >= 4 is 26.9 Å². The third kappa shape index (κ3) is 2.52. The average molecular weight is 344 g/mol. The molecule has 0 spiro atoms. The van der Waals surface area contributed by atoms with E-state index in [-0.39, 0.29) is 6.04 Å². The van der Waals surface area contributed by atoms with Gasteiger partial charge in [-0.05, 0) is 50.1 Å². The molecule has 108 valence electrons. The number of fused-ring (bicyclic) bond motifs is 1.